The molecule has 0 aliphatic carbocycles. The molecule has 0 fully saturated rings. The summed E-state index contributed by atoms with van der Waals surface area (Å²) in [5.74, 6) is 0. The van der Waals surface area contributed by atoms with E-state index in [-0.39, 0.29) is 12.1 Å². The number of likely N-dealkylation sites (N-methyl/N-ethyl adjacent to an activating group) is 1. The van der Waals surface area contributed by atoms with Crippen LogP contribution in [0.2, 0.25) is 0 Å². The van der Waals surface area contributed by atoms with Gasteiger partial charge in [0.1, 0.15) is 0 Å². The van der Waals surface area contributed by atoms with Crippen LogP contribution in [0.15, 0.2) is 24.5 Å². The van der Waals surface area contributed by atoms with Gasteiger partial charge in [-0.3, -0.25) is 9.88 Å². The highest BCUT2D eigenvalue weighted by molar-refractivity contribution is 5.15. The van der Waals surface area contributed by atoms with Crippen molar-refractivity contribution in [3.8, 4) is 0 Å². The van der Waals surface area contributed by atoms with E-state index >= 15 is 0 Å². The molecule has 0 saturated heterocycles. The van der Waals surface area contributed by atoms with Gasteiger partial charge in [0.25, 0.3) is 0 Å². The molecule has 2 atom stereocenters. The van der Waals surface area contributed by atoms with Gasteiger partial charge in [0.05, 0.1) is 6.04 Å². The SMILES string of the molecule is COCCCN(C)C(c1cccnc1)C(C)N. The molecule has 17 heavy (non-hydrogen) atoms. The van der Waals surface area contributed by atoms with E-state index in [1.807, 2.05) is 19.2 Å². The van der Waals surface area contributed by atoms with E-state index in [2.05, 4.69) is 23.0 Å². The highest BCUT2D eigenvalue weighted by Gasteiger charge is 2.20. The summed E-state index contributed by atoms with van der Waals surface area (Å²) >= 11 is 0. The van der Waals surface area contributed by atoms with Gasteiger partial charge in [-0.2, -0.15) is 0 Å². The first kappa shape index (κ1) is 14.1. The lowest BCUT2D eigenvalue weighted by Gasteiger charge is -2.31. The molecule has 0 spiro atoms. The van der Waals surface area contributed by atoms with Crippen molar-refractivity contribution in [1.29, 1.82) is 0 Å². The monoisotopic (exact) mass is 237 g/mol. The van der Waals surface area contributed by atoms with Crippen molar-refractivity contribution in [2.75, 3.05) is 27.3 Å². The van der Waals surface area contributed by atoms with Crippen LogP contribution >= 0.6 is 0 Å². The standard InChI is InChI=1S/C13H23N3O/c1-11(14)13(12-6-4-7-15-10-12)16(2)8-5-9-17-3/h4,6-7,10-11,13H,5,8-9,14H2,1-3H3. The zero-order valence-electron chi connectivity index (χ0n) is 11.0. The van der Waals surface area contributed by atoms with Gasteiger partial charge in [-0.25, -0.2) is 0 Å². The average Bonchev–Trinajstić information content (AvgIpc) is 2.30. The molecule has 2 unspecified atom stereocenters. The predicted octanol–water partition coefficient (Wildman–Crippen LogP) is 1.44. The number of rotatable bonds is 7. The van der Waals surface area contributed by atoms with Crippen LogP contribution in [-0.4, -0.2) is 43.2 Å². The van der Waals surface area contributed by atoms with Crippen LogP contribution in [0, 0.1) is 0 Å². The van der Waals surface area contributed by atoms with Crippen LogP contribution in [0.3, 0.4) is 0 Å². The molecule has 2 N–H and O–H groups in total. The summed E-state index contributed by atoms with van der Waals surface area (Å²) in [6, 6.07) is 4.31. The first-order valence-corrected chi connectivity index (χ1v) is 6.01. The lowest BCUT2D eigenvalue weighted by atomic mass is 10.0. The molecule has 1 heterocycles. The molecule has 0 radical (unpaired) electrons. The van der Waals surface area contributed by atoms with Crippen molar-refractivity contribution in [3.05, 3.63) is 30.1 Å². The van der Waals surface area contributed by atoms with Crippen LogP contribution in [-0.2, 0) is 4.74 Å². The molecule has 1 rings (SSSR count). The maximum Gasteiger partial charge on any atom is 0.0508 e. The van der Waals surface area contributed by atoms with Crippen molar-refractivity contribution < 1.29 is 4.74 Å². The third kappa shape index (κ3) is 4.42. The van der Waals surface area contributed by atoms with Crippen molar-refractivity contribution in [1.82, 2.24) is 9.88 Å². The minimum atomic E-state index is 0.0757. The van der Waals surface area contributed by atoms with E-state index in [1.165, 1.54) is 5.56 Å². The van der Waals surface area contributed by atoms with Crippen LogP contribution in [0.25, 0.3) is 0 Å². The second-order valence-corrected chi connectivity index (χ2v) is 4.42. The molecule has 1 aromatic heterocycles. The average molecular weight is 237 g/mol. The van der Waals surface area contributed by atoms with E-state index in [1.54, 1.807) is 13.3 Å². The Bertz CT molecular complexity index is 303. The Hall–Kier alpha value is -0.970. The van der Waals surface area contributed by atoms with Crippen molar-refractivity contribution in [3.63, 3.8) is 0 Å². The summed E-state index contributed by atoms with van der Waals surface area (Å²) < 4.78 is 5.07. The second kappa shape index (κ2) is 7.37. The van der Waals surface area contributed by atoms with Gasteiger partial charge in [0.2, 0.25) is 0 Å². The molecule has 96 valence electrons. The Morgan fingerprint density at radius 3 is 2.82 bits per heavy atom. The number of hydrogen-bond donors (Lipinski definition) is 1. The molecule has 0 aromatic carbocycles. The summed E-state index contributed by atoms with van der Waals surface area (Å²) in [5, 5.41) is 0. The zero-order valence-corrected chi connectivity index (χ0v) is 11.0. The highest BCUT2D eigenvalue weighted by atomic mass is 16.5. The maximum absolute atomic E-state index is 6.07. The predicted molar refractivity (Wildman–Crippen MR) is 69.8 cm³/mol. The summed E-state index contributed by atoms with van der Waals surface area (Å²) in [7, 11) is 3.82. The molecule has 4 nitrogen and oxygen atoms in total. The largest absolute Gasteiger partial charge is 0.385 e. The molecular weight excluding hydrogens is 214 g/mol. The van der Waals surface area contributed by atoms with Crippen LogP contribution in [0.5, 0.6) is 0 Å². The van der Waals surface area contributed by atoms with Crippen LogP contribution in [0.4, 0.5) is 0 Å². The van der Waals surface area contributed by atoms with Gasteiger partial charge < -0.3 is 10.5 Å². The topological polar surface area (TPSA) is 51.4 Å². The van der Waals surface area contributed by atoms with Gasteiger partial charge >= 0.3 is 0 Å². The Morgan fingerprint density at radius 1 is 1.53 bits per heavy atom. The fraction of sp³-hybridized carbons (Fsp3) is 0.615. The second-order valence-electron chi connectivity index (χ2n) is 4.42. The number of ether oxygens (including phenoxy) is 1. The Kier molecular flexibility index (Phi) is 6.11. The van der Waals surface area contributed by atoms with Gasteiger partial charge in [0.15, 0.2) is 0 Å². The number of nitrogens with zero attached hydrogens (tertiary/aromatic N) is 2. The van der Waals surface area contributed by atoms with E-state index in [0.717, 1.165) is 19.6 Å². The summed E-state index contributed by atoms with van der Waals surface area (Å²) in [5.41, 5.74) is 7.24. The normalized spacial score (nSPS) is 14.9. The molecule has 0 saturated carbocycles. The van der Waals surface area contributed by atoms with Gasteiger partial charge in [-0.1, -0.05) is 6.07 Å². The van der Waals surface area contributed by atoms with E-state index in [4.69, 9.17) is 10.5 Å². The number of hydrogen-bond acceptors (Lipinski definition) is 4. The van der Waals surface area contributed by atoms with Crippen molar-refractivity contribution in [2.45, 2.75) is 25.4 Å². The fourth-order valence-electron chi connectivity index (χ4n) is 2.11. The number of nitrogens with two attached hydrogens (primary N) is 1. The fourth-order valence-corrected chi connectivity index (χ4v) is 2.11. The number of aromatic nitrogens is 1. The number of methoxy groups -OCH3 is 1. The maximum atomic E-state index is 6.07. The summed E-state index contributed by atoms with van der Waals surface area (Å²) in [6.07, 6.45) is 4.68. The highest BCUT2D eigenvalue weighted by Crippen LogP contribution is 2.21. The molecule has 0 amide bonds. The lowest BCUT2D eigenvalue weighted by molar-refractivity contribution is 0.158. The molecule has 0 aliphatic rings. The summed E-state index contributed by atoms with van der Waals surface area (Å²) in [4.78, 5) is 6.42. The zero-order chi connectivity index (χ0) is 12.7. The van der Waals surface area contributed by atoms with E-state index in [0.29, 0.717) is 0 Å². The Morgan fingerprint density at radius 2 is 2.29 bits per heavy atom. The van der Waals surface area contributed by atoms with Crippen LogP contribution < -0.4 is 5.73 Å². The van der Waals surface area contributed by atoms with Gasteiger partial charge in [0, 0.05) is 38.7 Å². The molecular formula is C13H23N3O. The quantitative estimate of drug-likeness (QED) is 0.729. The van der Waals surface area contributed by atoms with Crippen molar-refractivity contribution in [2.24, 2.45) is 5.73 Å². The Balaban J connectivity index is 2.66. The molecule has 0 aliphatic heterocycles. The van der Waals surface area contributed by atoms with Gasteiger partial charge in [-0.15, -0.1) is 0 Å². The molecule has 0 bridgehead atoms. The molecule has 1 aromatic rings. The minimum Gasteiger partial charge on any atom is -0.385 e. The first-order chi connectivity index (χ1) is 8.16. The van der Waals surface area contributed by atoms with Crippen LogP contribution in [0.1, 0.15) is 24.9 Å². The summed E-state index contributed by atoms with van der Waals surface area (Å²) in [6.45, 7) is 3.78. The third-order valence-corrected chi connectivity index (χ3v) is 2.86. The lowest BCUT2D eigenvalue weighted by Crippen LogP contribution is -2.38. The van der Waals surface area contributed by atoms with E-state index < -0.39 is 0 Å². The minimum absolute atomic E-state index is 0.0757. The Labute approximate surface area is 104 Å². The van der Waals surface area contributed by atoms with Crippen molar-refractivity contribution >= 4 is 0 Å². The number of pyridine rings is 1. The van der Waals surface area contributed by atoms with Gasteiger partial charge in [-0.05, 0) is 32.0 Å². The third-order valence-electron chi connectivity index (χ3n) is 2.86. The first-order valence-electron chi connectivity index (χ1n) is 6.01. The molecule has 4 heteroatoms. The smallest absolute Gasteiger partial charge is 0.0508 e. The van der Waals surface area contributed by atoms with E-state index in [9.17, 15) is 0 Å².